The molecule has 1 N–H and O–H groups in total. The van der Waals surface area contributed by atoms with Gasteiger partial charge in [-0.2, -0.15) is 0 Å². The van der Waals surface area contributed by atoms with Crippen molar-refractivity contribution in [2.45, 2.75) is 39.8 Å². The van der Waals surface area contributed by atoms with Gasteiger partial charge in [0.05, 0.1) is 0 Å². The van der Waals surface area contributed by atoms with E-state index in [0.29, 0.717) is 12.0 Å². The second kappa shape index (κ2) is 5.15. The predicted octanol–water partition coefficient (Wildman–Crippen LogP) is 1.83. The van der Waals surface area contributed by atoms with Crippen LogP contribution in [0.25, 0.3) is 0 Å². The monoisotopic (exact) mass is 195 g/mol. The Morgan fingerprint density at radius 2 is 2.29 bits per heavy atom. The number of hydrogen-bond acceptors (Lipinski definition) is 2. The van der Waals surface area contributed by atoms with E-state index >= 15 is 0 Å². The molecule has 0 aliphatic heterocycles. The normalized spacial score (nSPS) is 15.4. The molecule has 1 aromatic rings. The average Bonchev–Trinajstić information content (AvgIpc) is 2.59. The van der Waals surface area contributed by atoms with Gasteiger partial charge in [-0.05, 0) is 19.9 Å². The lowest BCUT2D eigenvalue weighted by molar-refractivity contribution is 0.345. The molecule has 1 rings (SSSR count). The van der Waals surface area contributed by atoms with Crippen LogP contribution in [0, 0.1) is 12.8 Å². The van der Waals surface area contributed by atoms with Gasteiger partial charge >= 0.3 is 0 Å². The third-order valence-corrected chi connectivity index (χ3v) is 3.02. The first kappa shape index (κ1) is 11.2. The highest BCUT2D eigenvalue weighted by molar-refractivity contribution is 4.90. The van der Waals surface area contributed by atoms with Crippen molar-refractivity contribution in [1.82, 2.24) is 14.9 Å². The van der Waals surface area contributed by atoms with Crippen molar-refractivity contribution < 1.29 is 0 Å². The standard InChI is InChI=1S/C11H21N3/c1-5-9(2)11(12-4)8-14-7-6-13-10(14)3/h6-7,9,11-12H,5,8H2,1-4H3. The molecule has 0 amide bonds. The summed E-state index contributed by atoms with van der Waals surface area (Å²) in [5, 5.41) is 3.37. The topological polar surface area (TPSA) is 29.9 Å². The Morgan fingerprint density at radius 3 is 2.71 bits per heavy atom. The predicted molar refractivity (Wildman–Crippen MR) is 59.3 cm³/mol. The highest BCUT2D eigenvalue weighted by atomic mass is 15.1. The Bertz CT molecular complexity index is 267. The molecule has 0 aliphatic carbocycles. The molecular weight excluding hydrogens is 174 g/mol. The van der Waals surface area contributed by atoms with Gasteiger partial charge in [0.15, 0.2) is 0 Å². The molecule has 0 saturated carbocycles. The maximum absolute atomic E-state index is 4.22. The Hall–Kier alpha value is -0.830. The highest BCUT2D eigenvalue weighted by Crippen LogP contribution is 2.10. The summed E-state index contributed by atoms with van der Waals surface area (Å²) in [6.45, 7) is 7.57. The zero-order chi connectivity index (χ0) is 10.6. The van der Waals surface area contributed by atoms with E-state index in [4.69, 9.17) is 0 Å². The second-order valence-electron chi connectivity index (χ2n) is 3.91. The summed E-state index contributed by atoms with van der Waals surface area (Å²) in [5.41, 5.74) is 0. The minimum Gasteiger partial charge on any atom is -0.334 e. The number of nitrogens with zero attached hydrogens (tertiary/aromatic N) is 2. The summed E-state index contributed by atoms with van der Waals surface area (Å²) in [4.78, 5) is 4.22. The van der Waals surface area contributed by atoms with Crippen molar-refractivity contribution in [3.63, 3.8) is 0 Å². The summed E-state index contributed by atoms with van der Waals surface area (Å²) >= 11 is 0. The van der Waals surface area contributed by atoms with Crippen LogP contribution in [0.3, 0.4) is 0 Å². The van der Waals surface area contributed by atoms with Crippen molar-refractivity contribution in [2.75, 3.05) is 7.05 Å². The van der Waals surface area contributed by atoms with Gasteiger partial charge in [0.2, 0.25) is 0 Å². The van der Waals surface area contributed by atoms with Gasteiger partial charge < -0.3 is 9.88 Å². The Balaban J connectivity index is 2.61. The molecule has 1 heterocycles. The molecule has 2 unspecified atom stereocenters. The number of aromatic nitrogens is 2. The van der Waals surface area contributed by atoms with Crippen LogP contribution in [0.4, 0.5) is 0 Å². The number of rotatable bonds is 5. The van der Waals surface area contributed by atoms with E-state index < -0.39 is 0 Å². The highest BCUT2D eigenvalue weighted by Gasteiger charge is 2.14. The molecule has 0 bridgehead atoms. The fourth-order valence-corrected chi connectivity index (χ4v) is 1.65. The fourth-order valence-electron chi connectivity index (χ4n) is 1.65. The van der Waals surface area contributed by atoms with Crippen LogP contribution in [0.2, 0.25) is 0 Å². The number of hydrogen-bond donors (Lipinski definition) is 1. The van der Waals surface area contributed by atoms with Gasteiger partial charge in [0, 0.05) is 25.0 Å². The molecule has 3 heteroatoms. The summed E-state index contributed by atoms with van der Waals surface area (Å²) in [6.07, 6.45) is 5.11. The van der Waals surface area contributed by atoms with E-state index in [9.17, 15) is 0 Å². The Labute approximate surface area is 86.5 Å². The molecule has 80 valence electrons. The maximum Gasteiger partial charge on any atom is 0.105 e. The van der Waals surface area contributed by atoms with Crippen molar-refractivity contribution in [3.05, 3.63) is 18.2 Å². The van der Waals surface area contributed by atoms with E-state index in [-0.39, 0.29) is 0 Å². The van der Waals surface area contributed by atoms with E-state index in [1.807, 2.05) is 26.4 Å². The van der Waals surface area contributed by atoms with Gasteiger partial charge in [-0.1, -0.05) is 20.3 Å². The fraction of sp³-hybridized carbons (Fsp3) is 0.727. The van der Waals surface area contributed by atoms with Gasteiger partial charge in [-0.25, -0.2) is 4.98 Å². The second-order valence-corrected chi connectivity index (χ2v) is 3.91. The summed E-state index contributed by atoms with van der Waals surface area (Å²) in [6, 6.07) is 0.535. The molecule has 3 nitrogen and oxygen atoms in total. The quantitative estimate of drug-likeness (QED) is 0.776. The SMILES string of the molecule is CCC(C)C(Cn1ccnc1C)NC. The molecule has 0 fully saturated rings. The van der Waals surface area contributed by atoms with Crippen LogP contribution < -0.4 is 5.32 Å². The lowest BCUT2D eigenvalue weighted by Crippen LogP contribution is -2.36. The minimum absolute atomic E-state index is 0.535. The molecule has 0 aliphatic rings. The molecule has 1 aromatic heterocycles. The molecule has 0 radical (unpaired) electrons. The number of aryl methyl sites for hydroxylation is 1. The minimum atomic E-state index is 0.535. The van der Waals surface area contributed by atoms with Crippen LogP contribution in [-0.4, -0.2) is 22.6 Å². The van der Waals surface area contributed by atoms with Crippen molar-refractivity contribution in [2.24, 2.45) is 5.92 Å². The maximum atomic E-state index is 4.22. The van der Waals surface area contributed by atoms with Crippen LogP contribution in [0.15, 0.2) is 12.4 Å². The van der Waals surface area contributed by atoms with Gasteiger partial charge in [-0.3, -0.25) is 0 Å². The first-order chi connectivity index (χ1) is 6.69. The molecule has 0 saturated heterocycles. The molecular formula is C11H21N3. The van der Waals surface area contributed by atoms with Crippen molar-refractivity contribution >= 4 is 0 Å². The van der Waals surface area contributed by atoms with E-state index in [0.717, 1.165) is 12.4 Å². The number of nitrogens with one attached hydrogen (secondary N) is 1. The Morgan fingerprint density at radius 1 is 1.57 bits per heavy atom. The Kier molecular flexibility index (Phi) is 4.14. The van der Waals surface area contributed by atoms with Crippen LogP contribution >= 0.6 is 0 Å². The van der Waals surface area contributed by atoms with Crippen molar-refractivity contribution in [3.8, 4) is 0 Å². The van der Waals surface area contributed by atoms with Crippen LogP contribution in [0.1, 0.15) is 26.1 Å². The molecule has 0 spiro atoms. The summed E-state index contributed by atoms with van der Waals surface area (Å²) in [5.74, 6) is 1.79. The van der Waals surface area contributed by atoms with Crippen LogP contribution in [-0.2, 0) is 6.54 Å². The van der Waals surface area contributed by atoms with Gasteiger partial charge in [0.1, 0.15) is 5.82 Å². The lowest BCUT2D eigenvalue weighted by atomic mass is 9.99. The number of likely N-dealkylation sites (N-methyl/N-ethyl adjacent to an activating group) is 1. The zero-order valence-electron chi connectivity index (χ0n) is 9.62. The third-order valence-electron chi connectivity index (χ3n) is 3.02. The molecule has 2 atom stereocenters. The van der Waals surface area contributed by atoms with Crippen molar-refractivity contribution in [1.29, 1.82) is 0 Å². The van der Waals surface area contributed by atoms with Crippen LogP contribution in [0.5, 0.6) is 0 Å². The summed E-state index contributed by atoms with van der Waals surface area (Å²) in [7, 11) is 2.03. The zero-order valence-corrected chi connectivity index (χ0v) is 9.62. The first-order valence-corrected chi connectivity index (χ1v) is 5.34. The van der Waals surface area contributed by atoms with Gasteiger partial charge in [0.25, 0.3) is 0 Å². The van der Waals surface area contributed by atoms with E-state index in [2.05, 4.69) is 28.7 Å². The third kappa shape index (κ3) is 2.58. The summed E-state index contributed by atoms with van der Waals surface area (Å²) < 4.78 is 2.20. The van der Waals surface area contributed by atoms with Gasteiger partial charge in [-0.15, -0.1) is 0 Å². The first-order valence-electron chi connectivity index (χ1n) is 5.34. The molecule has 14 heavy (non-hydrogen) atoms. The molecule has 0 aromatic carbocycles. The average molecular weight is 195 g/mol. The largest absolute Gasteiger partial charge is 0.334 e. The number of imidazole rings is 1. The van der Waals surface area contributed by atoms with E-state index in [1.54, 1.807) is 0 Å². The van der Waals surface area contributed by atoms with E-state index in [1.165, 1.54) is 6.42 Å². The smallest absolute Gasteiger partial charge is 0.105 e. The lowest BCUT2D eigenvalue weighted by Gasteiger charge is -2.23.